The smallest absolute Gasteiger partial charge is 0.391 e. The molecule has 1 unspecified atom stereocenters. The lowest BCUT2D eigenvalue weighted by molar-refractivity contribution is -0.136. The van der Waals surface area contributed by atoms with E-state index in [0.717, 1.165) is 11.3 Å². The predicted molar refractivity (Wildman–Crippen MR) is 61.9 cm³/mol. The van der Waals surface area contributed by atoms with Gasteiger partial charge in [0.25, 0.3) is 0 Å². The van der Waals surface area contributed by atoms with E-state index < -0.39 is 18.6 Å². The normalized spacial score (nSPS) is 12.6. The molecule has 1 rings (SSSR count). The molecule has 0 spiro atoms. The summed E-state index contributed by atoms with van der Waals surface area (Å²) in [6.45, 7) is 1.34. The maximum absolute atomic E-state index is 12.2. The minimum absolute atomic E-state index is 0.00621. The number of nitriles is 2. The molecule has 0 amide bonds. The number of nitrogens with zero attached hydrogens (tertiary/aromatic N) is 2. The van der Waals surface area contributed by atoms with Crippen molar-refractivity contribution in [2.75, 3.05) is 11.1 Å². The Labute approximate surface area is 105 Å². The van der Waals surface area contributed by atoms with Gasteiger partial charge in [0, 0.05) is 6.04 Å². The van der Waals surface area contributed by atoms with Gasteiger partial charge >= 0.3 is 6.18 Å². The van der Waals surface area contributed by atoms with Crippen molar-refractivity contribution in [3.63, 3.8) is 0 Å². The average molecular weight is 274 g/mol. The van der Waals surface area contributed by atoms with Crippen LogP contribution in [-0.2, 0) is 0 Å². The highest BCUT2D eigenvalue weighted by Crippen LogP contribution is 2.35. The molecule has 96 valence electrons. The SMILES string of the molecule is CC(CC(F)(F)F)Nc1sc(C#N)c(N)c1C#N. The molecule has 0 fully saturated rings. The van der Waals surface area contributed by atoms with E-state index in [9.17, 15) is 13.2 Å². The van der Waals surface area contributed by atoms with E-state index in [4.69, 9.17) is 16.3 Å². The zero-order chi connectivity index (χ0) is 13.9. The molecule has 1 atom stereocenters. The van der Waals surface area contributed by atoms with Gasteiger partial charge in [0.05, 0.1) is 12.1 Å². The topological polar surface area (TPSA) is 85.6 Å². The molecule has 0 bridgehead atoms. The summed E-state index contributed by atoms with van der Waals surface area (Å²) in [5.41, 5.74) is 5.56. The molecule has 3 N–H and O–H groups in total. The molecule has 0 saturated carbocycles. The van der Waals surface area contributed by atoms with Gasteiger partial charge in [-0.05, 0) is 6.92 Å². The lowest BCUT2D eigenvalue weighted by atomic mass is 10.2. The molecular weight excluding hydrogens is 265 g/mol. The first-order valence-corrected chi connectivity index (χ1v) is 5.66. The zero-order valence-corrected chi connectivity index (χ0v) is 10.1. The summed E-state index contributed by atoms with van der Waals surface area (Å²) in [5.74, 6) is 0. The van der Waals surface area contributed by atoms with Gasteiger partial charge in [-0.1, -0.05) is 0 Å². The third-order valence-corrected chi connectivity index (χ3v) is 3.12. The lowest BCUT2D eigenvalue weighted by Gasteiger charge is -2.15. The van der Waals surface area contributed by atoms with E-state index in [-0.39, 0.29) is 21.1 Å². The highest BCUT2D eigenvalue weighted by Gasteiger charge is 2.30. The van der Waals surface area contributed by atoms with Crippen molar-refractivity contribution in [1.29, 1.82) is 10.5 Å². The van der Waals surface area contributed by atoms with E-state index in [1.807, 2.05) is 0 Å². The highest BCUT2D eigenvalue weighted by atomic mass is 32.1. The van der Waals surface area contributed by atoms with Crippen LogP contribution in [0.3, 0.4) is 0 Å². The van der Waals surface area contributed by atoms with Crippen LogP contribution in [-0.4, -0.2) is 12.2 Å². The second-order valence-corrected chi connectivity index (χ2v) is 4.66. The van der Waals surface area contributed by atoms with Crippen LogP contribution in [0.15, 0.2) is 0 Å². The monoisotopic (exact) mass is 274 g/mol. The Morgan fingerprint density at radius 1 is 1.39 bits per heavy atom. The minimum atomic E-state index is -4.29. The molecule has 0 aliphatic heterocycles. The fraction of sp³-hybridized carbons (Fsp3) is 0.400. The largest absolute Gasteiger partial charge is 0.396 e. The fourth-order valence-corrected chi connectivity index (χ4v) is 2.34. The number of alkyl halides is 3. The molecule has 8 heteroatoms. The van der Waals surface area contributed by atoms with Crippen LogP contribution in [0.25, 0.3) is 0 Å². The number of hydrogen-bond donors (Lipinski definition) is 2. The Morgan fingerprint density at radius 3 is 2.44 bits per heavy atom. The molecule has 0 radical (unpaired) electrons. The highest BCUT2D eigenvalue weighted by molar-refractivity contribution is 7.17. The van der Waals surface area contributed by atoms with Crippen molar-refractivity contribution in [2.45, 2.75) is 25.6 Å². The number of rotatable bonds is 3. The van der Waals surface area contributed by atoms with Gasteiger partial charge in [0.2, 0.25) is 0 Å². The molecular formula is C10H9F3N4S. The molecule has 1 heterocycles. The van der Waals surface area contributed by atoms with Gasteiger partial charge in [0.15, 0.2) is 0 Å². The van der Waals surface area contributed by atoms with Crippen LogP contribution < -0.4 is 11.1 Å². The Morgan fingerprint density at radius 2 is 2.00 bits per heavy atom. The van der Waals surface area contributed by atoms with Crippen molar-refractivity contribution >= 4 is 22.0 Å². The fourth-order valence-electron chi connectivity index (χ4n) is 1.36. The summed E-state index contributed by atoms with van der Waals surface area (Å²) in [7, 11) is 0. The van der Waals surface area contributed by atoms with Crippen molar-refractivity contribution < 1.29 is 13.2 Å². The Kier molecular flexibility index (Phi) is 4.04. The molecule has 0 aliphatic carbocycles. The summed E-state index contributed by atoms with van der Waals surface area (Å²) < 4.78 is 36.5. The molecule has 1 aromatic heterocycles. The molecule has 0 saturated heterocycles. The van der Waals surface area contributed by atoms with Gasteiger partial charge in [-0.15, -0.1) is 11.3 Å². The third kappa shape index (κ3) is 3.28. The van der Waals surface area contributed by atoms with E-state index in [1.54, 1.807) is 12.1 Å². The molecule has 0 aliphatic rings. The predicted octanol–water partition coefficient (Wildman–Crippen LogP) is 2.83. The maximum Gasteiger partial charge on any atom is 0.391 e. The first kappa shape index (κ1) is 14.1. The standard InChI is InChI=1S/C10H9F3N4S/c1-5(2-10(11,12)13)17-9-6(3-14)8(16)7(4-15)18-9/h5,17H,2,16H2,1H3. The zero-order valence-electron chi connectivity index (χ0n) is 9.30. The number of nitrogens with two attached hydrogens (primary N) is 1. The summed E-state index contributed by atoms with van der Waals surface area (Å²) in [6, 6.07) is 2.67. The van der Waals surface area contributed by atoms with Crippen molar-refractivity contribution in [2.24, 2.45) is 0 Å². The minimum Gasteiger partial charge on any atom is -0.396 e. The molecule has 0 aromatic carbocycles. The van der Waals surface area contributed by atoms with Crippen molar-refractivity contribution in [1.82, 2.24) is 0 Å². The number of thiophene rings is 1. The van der Waals surface area contributed by atoms with Crippen LogP contribution in [0.4, 0.5) is 23.9 Å². The maximum atomic E-state index is 12.2. The Balaban J connectivity index is 2.93. The van der Waals surface area contributed by atoms with Crippen LogP contribution in [0.5, 0.6) is 0 Å². The van der Waals surface area contributed by atoms with Crippen molar-refractivity contribution in [3.8, 4) is 12.1 Å². The van der Waals surface area contributed by atoms with E-state index in [0.29, 0.717) is 0 Å². The number of nitrogen functional groups attached to an aromatic ring is 1. The van der Waals surface area contributed by atoms with E-state index in [2.05, 4.69) is 5.32 Å². The molecule has 1 aromatic rings. The number of nitrogens with one attached hydrogen (secondary N) is 1. The van der Waals surface area contributed by atoms with E-state index in [1.165, 1.54) is 6.92 Å². The summed E-state index contributed by atoms with van der Waals surface area (Å²) in [4.78, 5) is 0.119. The second-order valence-electron chi connectivity index (χ2n) is 3.64. The molecule has 18 heavy (non-hydrogen) atoms. The molecule has 4 nitrogen and oxygen atoms in total. The summed E-state index contributed by atoms with van der Waals surface area (Å²) in [5, 5.41) is 20.4. The number of halogens is 3. The number of anilines is 2. The average Bonchev–Trinajstić information content (AvgIpc) is 2.51. The first-order chi connectivity index (χ1) is 8.28. The van der Waals surface area contributed by atoms with E-state index >= 15 is 0 Å². The third-order valence-electron chi connectivity index (χ3n) is 2.07. The van der Waals surface area contributed by atoms with Crippen LogP contribution in [0, 0.1) is 22.7 Å². The van der Waals surface area contributed by atoms with Crippen molar-refractivity contribution in [3.05, 3.63) is 10.4 Å². The quantitative estimate of drug-likeness (QED) is 0.887. The summed E-state index contributed by atoms with van der Waals surface area (Å²) >= 11 is 0.878. The van der Waals surface area contributed by atoms with Gasteiger partial charge in [-0.2, -0.15) is 23.7 Å². The Bertz CT molecular complexity index is 521. The second kappa shape index (κ2) is 5.15. The van der Waals surface area contributed by atoms with Gasteiger partial charge in [-0.25, -0.2) is 0 Å². The van der Waals surface area contributed by atoms with Crippen LogP contribution in [0.1, 0.15) is 23.8 Å². The van der Waals surface area contributed by atoms with Crippen LogP contribution in [0.2, 0.25) is 0 Å². The summed E-state index contributed by atoms with van der Waals surface area (Å²) in [6.07, 6.45) is -5.32. The Hall–Kier alpha value is -1.93. The number of hydrogen-bond acceptors (Lipinski definition) is 5. The van der Waals surface area contributed by atoms with Crippen LogP contribution >= 0.6 is 11.3 Å². The van der Waals surface area contributed by atoms with Gasteiger partial charge in [-0.3, -0.25) is 0 Å². The van der Waals surface area contributed by atoms with Gasteiger partial charge in [0.1, 0.15) is 27.6 Å². The van der Waals surface area contributed by atoms with Gasteiger partial charge < -0.3 is 11.1 Å². The first-order valence-electron chi connectivity index (χ1n) is 4.84. The lowest BCUT2D eigenvalue weighted by Crippen LogP contribution is -2.23.